The van der Waals surface area contributed by atoms with Gasteiger partial charge in [0.05, 0.1) is 17.8 Å². The molecule has 0 saturated carbocycles. The summed E-state index contributed by atoms with van der Waals surface area (Å²) in [6.07, 6.45) is 1.65. The minimum Gasteiger partial charge on any atom is -0.496 e. The number of likely N-dealkylation sites (tertiary alicyclic amines) is 1. The summed E-state index contributed by atoms with van der Waals surface area (Å²) >= 11 is 6.05. The molecule has 38 heavy (non-hydrogen) atoms. The van der Waals surface area contributed by atoms with Crippen molar-refractivity contribution in [3.8, 4) is 5.75 Å². The number of imide groups is 1. The van der Waals surface area contributed by atoms with Crippen LogP contribution in [-0.4, -0.2) is 67.5 Å². The fourth-order valence-electron chi connectivity index (χ4n) is 5.23. The zero-order chi connectivity index (χ0) is 27.0. The average Bonchev–Trinajstić information content (AvgIpc) is 2.92. The molecule has 1 fully saturated rings. The molecule has 0 atom stereocenters. The Hall–Kier alpha value is -3.82. The number of carbonyl (C=O) groups excluding carboxylic acids is 3. The Labute approximate surface area is 225 Å². The number of ether oxygens (including phenoxy) is 2. The van der Waals surface area contributed by atoms with Crippen LogP contribution >= 0.6 is 11.6 Å². The van der Waals surface area contributed by atoms with E-state index in [1.807, 2.05) is 6.07 Å². The lowest BCUT2D eigenvalue weighted by Gasteiger charge is -2.35. The zero-order valence-corrected chi connectivity index (χ0v) is 21.8. The Morgan fingerprint density at radius 1 is 1.03 bits per heavy atom. The van der Waals surface area contributed by atoms with E-state index in [0.717, 1.165) is 31.3 Å². The highest BCUT2D eigenvalue weighted by molar-refractivity contribution is 6.33. The third-order valence-corrected chi connectivity index (χ3v) is 7.68. The molecule has 3 aromatic rings. The summed E-state index contributed by atoms with van der Waals surface area (Å²) in [5, 5.41) is 1.63. The van der Waals surface area contributed by atoms with Crippen molar-refractivity contribution in [1.82, 2.24) is 9.80 Å². The van der Waals surface area contributed by atoms with E-state index >= 15 is 0 Å². The Balaban J connectivity index is 1.15. The first kappa shape index (κ1) is 25.8. The van der Waals surface area contributed by atoms with Crippen molar-refractivity contribution >= 4 is 51.5 Å². The Morgan fingerprint density at radius 3 is 2.45 bits per heavy atom. The first-order valence-corrected chi connectivity index (χ1v) is 12.9. The predicted octanol–water partition coefficient (Wildman–Crippen LogP) is 3.83. The predicted molar refractivity (Wildman–Crippen MR) is 146 cm³/mol. The summed E-state index contributed by atoms with van der Waals surface area (Å²) in [5.74, 6) is -0.574. The molecule has 5 rings (SSSR count). The molecule has 0 bridgehead atoms. The molecule has 2 heterocycles. The van der Waals surface area contributed by atoms with Gasteiger partial charge in [-0.3, -0.25) is 19.4 Å². The van der Waals surface area contributed by atoms with E-state index in [1.54, 1.807) is 24.3 Å². The molecular weight excluding hydrogens is 508 g/mol. The van der Waals surface area contributed by atoms with Gasteiger partial charge in [0.15, 0.2) is 0 Å². The summed E-state index contributed by atoms with van der Waals surface area (Å²) in [5.41, 5.74) is 14.0. The summed E-state index contributed by atoms with van der Waals surface area (Å²) in [7, 11) is 1.45. The highest BCUT2D eigenvalue weighted by atomic mass is 35.5. The van der Waals surface area contributed by atoms with Crippen LogP contribution in [0.25, 0.3) is 10.8 Å². The van der Waals surface area contributed by atoms with Crippen LogP contribution in [0.3, 0.4) is 0 Å². The Morgan fingerprint density at radius 2 is 1.74 bits per heavy atom. The third kappa shape index (κ3) is 4.75. The second kappa shape index (κ2) is 10.5. The number of hydrogen-bond acceptors (Lipinski definition) is 8. The van der Waals surface area contributed by atoms with Crippen LogP contribution in [0.5, 0.6) is 5.75 Å². The summed E-state index contributed by atoms with van der Waals surface area (Å²) in [6.45, 7) is 2.71. The minimum absolute atomic E-state index is 0.192. The van der Waals surface area contributed by atoms with Crippen molar-refractivity contribution in [3.05, 3.63) is 64.2 Å². The van der Waals surface area contributed by atoms with Gasteiger partial charge in [-0.1, -0.05) is 23.7 Å². The lowest BCUT2D eigenvalue weighted by atomic mass is 9.91. The molecule has 198 valence electrons. The molecule has 0 spiro atoms. The van der Waals surface area contributed by atoms with E-state index in [0.29, 0.717) is 46.7 Å². The normalized spacial score (nSPS) is 16.2. The minimum atomic E-state index is -0.530. The van der Waals surface area contributed by atoms with Crippen molar-refractivity contribution in [2.45, 2.75) is 12.8 Å². The number of nitrogens with two attached hydrogens (primary N) is 2. The fraction of sp³-hybridized carbons (Fsp3) is 0.321. The number of nitrogens with zero attached hydrogens (tertiary/aromatic N) is 2. The van der Waals surface area contributed by atoms with Gasteiger partial charge >= 0.3 is 5.97 Å². The maximum atomic E-state index is 13.3. The van der Waals surface area contributed by atoms with E-state index in [2.05, 4.69) is 4.90 Å². The molecular formula is C28H29ClN4O5. The lowest BCUT2D eigenvalue weighted by Crippen LogP contribution is -2.46. The van der Waals surface area contributed by atoms with Crippen LogP contribution < -0.4 is 16.2 Å². The van der Waals surface area contributed by atoms with Gasteiger partial charge in [0, 0.05) is 46.7 Å². The number of hydrogen-bond donors (Lipinski definition) is 2. The van der Waals surface area contributed by atoms with E-state index < -0.39 is 5.97 Å². The van der Waals surface area contributed by atoms with Gasteiger partial charge in [-0.05, 0) is 56.1 Å². The largest absolute Gasteiger partial charge is 0.496 e. The van der Waals surface area contributed by atoms with Crippen molar-refractivity contribution in [2.75, 3.05) is 51.4 Å². The quantitative estimate of drug-likeness (QED) is 0.265. The first-order valence-electron chi connectivity index (χ1n) is 12.5. The van der Waals surface area contributed by atoms with Crippen LogP contribution in [0.15, 0.2) is 42.5 Å². The average molecular weight is 537 g/mol. The molecule has 2 aliphatic heterocycles. The van der Waals surface area contributed by atoms with E-state index in [4.69, 9.17) is 32.5 Å². The smallest absolute Gasteiger partial charge is 0.342 e. The summed E-state index contributed by atoms with van der Waals surface area (Å²) in [4.78, 5) is 42.6. The van der Waals surface area contributed by atoms with E-state index in [1.165, 1.54) is 24.1 Å². The molecule has 2 aliphatic rings. The second-order valence-electron chi connectivity index (χ2n) is 9.65. The SMILES string of the molecule is COc1cc(N)c(Cl)cc1C(=O)OCCN1CCC(CN2C(=O)c3cccc4c(N)ccc(c34)C2=O)CC1. The van der Waals surface area contributed by atoms with Gasteiger partial charge in [0.25, 0.3) is 11.8 Å². The van der Waals surface area contributed by atoms with Crippen molar-refractivity contribution in [1.29, 1.82) is 0 Å². The van der Waals surface area contributed by atoms with E-state index in [9.17, 15) is 14.4 Å². The van der Waals surface area contributed by atoms with Gasteiger partial charge in [-0.2, -0.15) is 0 Å². The van der Waals surface area contributed by atoms with Crippen LogP contribution in [0.4, 0.5) is 11.4 Å². The number of esters is 1. The Bertz CT molecular complexity index is 1410. The number of halogens is 1. The van der Waals surface area contributed by atoms with Gasteiger partial charge in [-0.15, -0.1) is 0 Å². The van der Waals surface area contributed by atoms with Crippen LogP contribution in [0.2, 0.25) is 5.02 Å². The second-order valence-corrected chi connectivity index (χ2v) is 10.1. The van der Waals surface area contributed by atoms with Gasteiger partial charge in [0.2, 0.25) is 0 Å². The first-order chi connectivity index (χ1) is 18.3. The van der Waals surface area contributed by atoms with Crippen LogP contribution in [0.1, 0.15) is 43.9 Å². The van der Waals surface area contributed by atoms with E-state index in [-0.39, 0.29) is 34.9 Å². The van der Waals surface area contributed by atoms with Gasteiger partial charge in [0.1, 0.15) is 17.9 Å². The molecule has 0 aliphatic carbocycles. The molecule has 0 radical (unpaired) electrons. The number of methoxy groups -OCH3 is 1. The molecule has 3 aromatic carbocycles. The number of carbonyl (C=O) groups is 3. The standard InChI is InChI=1S/C28H29ClN4O5/c1-37-24-14-23(31)21(29)13-20(24)28(36)38-12-11-32-9-7-16(8-10-32)15-33-26(34)18-4-2-3-17-22(30)6-5-19(25(17)18)27(33)35/h2-6,13-14,16H,7-12,15,30-31H2,1H3. The molecule has 2 amide bonds. The molecule has 9 nitrogen and oxygen atoms in total. The lowest BCUT2D eigenvalue weighted by molar-refractivity contribution is 0.0427. The van der Waals surface area contributed by atoms with Gasteiger partial charge < -0.3 is 20.9 Å². The van der Waals surface area contributed by atoms with Crippen molar-refractivity contribution < 1.29 is 23.9 Å². The molecule has 0 aromatic heterocycles. The summed E-state index contributed by atoms with van der Waals surface area (Å²) in [6, 6.07) is 11.8. The number of benzene rings is 3. The number of anilines is 2. The fourth-order valence-corrected chi connectivity index (χ4v) is 5.39. The monoisotopic (exact) mass is 536 g/mol. The molecule has 4 N–H and O–H groups in total. The topological polar surface area (TPSA) is 128 Å². The van der Waals surface area contributed by atoms with Crippen LogP contribution in [-0.2, 0) is 4.74 Å². The van der Waals surface area contributed by atoms with Crippen LogP contribution in [0, 0.1) is 5.92 Å². The molecule has 10 heteroatoms. The number of nitrogen functional groups attached to an aromatic ring is 2. The highest BCUT2D eigenvalue weighted by Gasteiger charge is 2.35. The Kier molecular flexibility index (Phi) is 7.14. The number of amides is 2. The van der Waals surface area contributed by atoms with Crippen molar-refractivity contribution in [3.63, 3.8) is 0 Å². The molecule has 0 unspecified atom stereocenters. The zero-order valence-electron chi connectivity index (χ0n) is 21.0. The molecule has 1 saturated heterocycles. The maximum absolute atomic E-state index is 13.3. The van der Waals surface area contributed by atoms with Gasteiger partial charge in [-0.25, -0.2) is 4.79 Å². The number of rotatable bonds is 7. The highest BCUT2D eigenvalue weighted by Crippen LogP contribution is 2.34. The van der Waals surface area contributed by atoms with Crippen molar-refractivity contribution in [2.24, 2.45) is 5.92 Å². The third-order valence-electron chi connectivity index (χ3n) is 7.35. The maximum Gasteiger partial charge on any atom is 0.342 e. The number of piperidine rings is 1. The summed E-state index contributed by atoms with van der Waals surface area (Å²) < 4.78 is 10.7.